The van der Waals surface area contributed by atoms with Crippen molar-refractivity contribution in [2.75, 3.05) is 7.11 Å². The van der Waals surface area contributed by atoms with Crippen LogP contribution in [-0.2, 0) is 0 Å². The van der Waals surface area contributed by atoms with Crippen molar-refractivity contribution in [1.29, 1.82) is 0 Å². The Morgan fingerprint density at radius 1 is 1.00 bits per heavy atom. The number of hydrogen-bond donors (Lipinski definition) is 1. The van der Waals surface area contributed by atoms with Crippen molar-refractivity contribution in [2.24, 2.45) is 5.10 Å². The Kier molecular flexibility index (Phi) is 5.89. The van der Waals surface area contributed by atoms with Crippen molar-refractivity contribution >= 4 is 12.1 Å². The highest BCUT2D eigenvalue weighted by molar-refractivity contribution is 5.96. The van der Waals surface area contributed by atoms with Crippen LogP contribution in [0.1, 0.15) is 21.5 Å². The number of carbonyl (C=O) groups is 1. The Morgan fingerprint density at radius 3 is 2.42 bits per heavy atom. The lowest BCUT2D eigenvalue weighted by atomic mass is 10.1. The van der Waals surface area contributed by atoms with Gasteiger partial charge in [0.2, 0.25) is 0 Å². The Labute approximate surface area is 180 Å². The van der Waals surface area contributed by atoms with E-state index in [0.29, 0.717) is 5.56 Å². The molecule has 0 fully saturated rings. The largest absolute Gasteiger partial charge is 0.497 e. The van der Waals surface area contributed by atoms with Crippen LogP contribution in [0.2, 0.25) is 0 Å². The second-order valence-electron chi connectivity index (χ2n) is 6.96. The first kappa shape index (κ1) is 20.1. The summed E-state index contributed by atoms with van der Waals surface area (Å²) < 4.78 is 7.05. The van der Waals surface area contributed by atoms with Crippen LogP contribution in [0, 0.1) is 6.92 Å². The molecule has 0 saturated heterocycles. The quantitative estimate of drug-likeness (QED) is 0.372. The molecule has 0 atom stereocenters. The summed E-state index contributed by atoms with van der Waals surface area (Å²) in [5.74, 6) is 0.516. The molecule has 4 aromatic rings. The summed E-state index contributed by atoms with van der Waals surface area (Å²) in [6, 6.07) is 24.9. The minimum Gasteiger partial charge on any atom is -0.497 e. The van der Waals surface area contributed by atoms with E-state index in [-0.39, 0.29) is 5.91 Å². The molecular weight excluding hydrogens is 388 g/mol. The van der Waals surface area contributed by atoms with Gasteiger partial charge in [0.15, 0.2) is 0 Å². The zero-order chi connectivity index (χ0) is 21.6. The molecule has 1 amide bonds. The number of hydrazone groups is 1. The number of amides is 1. The van der Waals surface area contributed by atoms with Crippen LogP contribution >= 0.6 is 0 Å². The van der Waals surface area contributed by atoms with Crippen molar-refractivity contribution in [3.8, 4) is 22.7 Å². The van der Waals surface area contributed by atoms with Crippen LogP contribution in [0.25, 0.3) is 16.9 Å². The van der Waals surface area contributed by atoms with Gasteiger partial charge in [-0.2, -0.15) is 10.2 Å². The molecule has 1 N–H and O–H groups in total. The summed E-state index contributed by atoms with van der Waals surface area (Å²) in [5.41, 5.74) is 7.47. The molecule has 0 saturated carbocycles. The molecule has 4 rings (SSSR count). The first-order valence-electron chi connectivity index (χ1n) is 9.84. The molecule has 154 valence electrons. The molecule has 0 bridgehead atoms. The summed E-state index contributed by atoms with van der Waals surface area (Å²) in [6.07, 6.45) is 3.50. The van der Waals surface area contributed by atoms with E-state index in [4.69, 9.17) is 9.84 Å². The Hall–Kier alpha value is -4.19. The third-order valence-electron chi connectivity index (χ3n) is 4.89. The molecule has 31 heavy (non-hydrogen) atoms. The third kappa shape index (κ3) is 4.53. The number of aromatic nitrogens is 2. The fourth-order valence-electron chi connectivity index (χ4n) is 3.22. The van der Waals surface area contributed by atoms with Crippen molar-refractivity contribution < 1.29 is 9.53 Å². The second-order valence-corrected chi connectivity index (χ2v) is 6.96. The highest BCUT2D eigenvalue weighted by Crippen LogP contribution is 2.25. The number of nitrogens with zero attached hydrogens (tertiary/aromatic N) is 3. The van der Waals surface area contributed by atoms with Crippen LogP contribution in [0.4, 0.5) is 0 Å². The lowest BCUT2D eigenvalue weighted by molar-refractivity contribution is 0.0954. The molecule has 0 unspecified atom stereocenters. The zero-order valence-corrected chi connectivity index (χ0v) is 17.3. The highest BCUT2D eigenvalue weighted by Gasteiger charge is 2.12. The average molecular weight is 410 g/mol. The number of para-hydroxylation sites is 1. The smallest absolute Gasteiger partial charge is 0.271 e. The van der Waals surface area contributed by atoms with Gasteiger partial charge in [0.25, 0.3) is 5.91 Å². The van der Waals surface area contributed by atoms with Crippen molar-refractivity contribution in [3.05, 3.63) is 102 Å². The van der Waals surface area contributed by atoms with Gasteiger partial charge in [-0.05, 0) is 55.0 Å². The number of carbonyl (C=O) groups excluding carboxylic acids is 1. The fraction of sp³-hybridized carbons (Fsp3) is 0.0800. The maximum absolute atomic E-state index is 12.4. The normalized spacial score (nSPS) is 10.9. The first-order valence-corrected chi connectivity index (χ1v) is 9.84. The van der Waals surface area contributed by atoms with E-state index in [2.05, 4.69) is 10.5 Å². The molecule has 1 aromatic heterocycles. The van der Waals surface area contributed by atoms with Gasteiger partial charge in [-0.1, -0.05) is 36.4 Å². The van der Waals surface area contributed by atoms with Crippen LogP contribution in [0.5, 0.6) is 5.75 Å². The zero-order valence-electron chi connectivity index (χ0n) is 17.3. The number of methoxy groups -OCH3 is 1. The number of nitrogens with one attached hydrogen (secondary N) is 1. The first-order chi connectivity index (χ1) is 15.2. The van der Waals surface area contributed by atoms with E-state index in [9.17, 15) is 4.79 Å². The second kappa shape index (κ2) is 9.09. The summed E-state index contributed by atoms with van der Waals surface area (Å²) in [7, 11) is 1.63. The molecule has 0 aliphatic carbocycles. The molecule has 0 aliphatic rings. The topological polar surface area (TPSA) is 68.5 Å². The minimum absolute atomic E-state index is 0.254. The number of hydrogen-bond acceptors (Lipinski definition) is 4. The van der Waals surface area contributed by atoms with Gasteiger partial charge in [0, 0.05) is 22.9 Å². The lowest BCUT2D eigenvalue weighted by Crippen LogP contribution is -2.18. The maximum atomic E-state index is 12.4. The van der Waals surface area contributed by atoms with Gasteiger partial charge in [-0.25, -0.2) is 10.1 Å². The summed E-state index contributed by atoms with van der Waals surface area (Å²) in [5, 5.41) is 8.93. The molecule has 0 radical (unpaired) electrons. The summed E-state index contributed by atoms with van der Waals surface area (Å²) in [4.78, 5) is 12.4. The van der Waals surface area contributed by atoms with Gasteiger partial charge in [0.1, 0.15) is 11.4 Å². The van der Waals surface area contributed by atoms with Crippen LogP contribution < -0.4 is 10.2 Å². The Bertz CT molecular complexity index is 1210. The molecule has 0 aliphatic heterocycles. The standard InChI is InChI=1S/C25H22N4O2/c1-18-8-6-7-11-23(18)25(30)27-26-16-20-17-29(21-9-4-3-5-10-21)28-24(20)19-12-14-22(31-2)15-13-19/h3-17H,1-2H3,(H,27,30)/b26-16-. The van der Waals surface area contributed by atoms with Gasteiger partial charge in [-0.3, -0.25) is 4.79 Å². The van der Waals surface area contributed by atoms with E-state index in [1.54, 1.807) is 24.1 Å². The molecule has 3 aromatic carbocycles. The molecule has 6 heteroatoms. The maximum Gasteiger partial charge on any atom is 0.271 e. The number of benzene rings is 3. The van der Waals surface area contributed by atoms with Crippen molar-refractivity contribution in [3.63, 3.8) is 0 Å². The summed E-state index contributed by atoms with van der Waals surface area (Å²) in [6.45, 7) is 1.89. The third-order valence-corrected chi connectivity index (χ3v) is 4.89. The van der Waals surface area contributed by atoms with Gasteiger partial charge in [-0.15, -0.1) is 0 Å². The Balaban J connectivity index is 1.64. The van der Waals surface area contributed by atoms with Crippen molar-refractivity contribution in [2.45, 2.75) is 6.92 Å². The summed E-state index contributed by atoms with van der Waals surface area (Å²) >= 11 is 0. The van der Waals surface area contributed by atoms with E-state index in [0.717, 1.165) is 33.8 Å². The number of rotatable bonds is 6. The van der Waals surface area contributed by atoms with Crippen LogP contribution in [-0.4, -0.2) is 29.0 Å². The van der Waals surface area contributed by atoms with Crippen LogP contribution in [0.3, 0.4) is 0 Å². The predicted octanol–water partition coefficient (Wildman–Crippen LogP) is 4.62. The number of ether oxygens (including phenoxy) is 1. The van der Waals surface area contributed by atoms with Gasteiger partial charge < -0.3 is 4.74 Å². The number of aryl methyl sites for hydroxylation is 1. The monoisotopic (exact) mass is 410 g/mol. The average Bonchev–Trinajstić information content (AvgIpc) is 3.24. The molecular formula is C25H22N4O2. The molecule has 6 nitrogen and oxygen atoms in total. The van der Waals surface area contributed by atoms with E-state index in [1.807, 2.05) is 85.9 Å². The minimum atomic E-state index is -0.254. The molecule has 0 spiro atoms. The highest BCUT2D eigenvalue weighted by atomic mass is 16.5. The van der Waals surface area contributed by atoms with Gasteiger partial charge >= 0.3 is 0 Å². The molecule has 1 heterocycles. The van der Waals surface area contributed by atoms with E-state index >= 15 is 0 Å². The predicted molar refractivity (Wildman–Crippen MR) is 122 cm³/mol. The SMILES string of the molecule is COc1ccc(-c2nn(-c3ccccc3)cc2/C=N\NC(=O)c2ccccc2C)cc1. The van der Waals surface area contributed by atoms with Crippen LogP contribution in [0.15, 0.2) is 90.2 Å². The van der Waals surface area contributed by atoms with Gasteiger partial charge in [0.05, 0.1) is 19.0 Å². The van der Waals surface area contributed by atoms with E-state index < -0.39 is 0 Å². The fourth-order valence-corrected chi connectivity index (χ4v) is 3.22. The Morgan fingerprint density at radius 2 is 1.71 bits per heavy atom. The van der Waals surface area contributed by atoms with Crippen molar-refractivity contribution in [1.82, 2.24) is 15.2 Å². The lowest BCUT2D eigenvalue weighted by Gasteiger charge is -2.03. The van der Waals surface area contributed by atoms with E-state index in [1.165, 1.54) is 0 Å².